The number of para-hydroxylation sites is 6. The third-order valence-electron chi connectivity index (χ3n) is 14.6. The van der Waals surface area contributed by atoms with Gasteiger partial charge in [0.2, 0.25) is 0 Å². The van der Waals surface area contributed by atoms with E-state index in [-0.39, 0.29) is 21.1 Å². The van der Waals surface area contributed by atoms with Crippen molar-refractivity contribution >= 4 is 76.5 Å². The van der Waals surface area contributed by atoms with Crippen molar-refractivity contribution in [3.63, 3.8) is 0 Å². The molecular formula is C67H42N6OPt-2. The van der Waals surface area contributed by atoms with Crippen molar-refractivity contribution in [3.05, 3.63) is 255 Å². The van der Waals surface area contributed by atoms with E-state index in [2.05, 4.69) is 249 Å². The molecule has 0 N–H and O–H groups in total. The Bertz CT molecular complexity index is 4630. The van der Waals surface area contributed by atoms with Crippen molar-refractivity contribution in [3.8, 4) is 56.6 Å². The quantitative estimate of drug-likeness (QED) is 0.112. The summed E-state index contributed by atoms with van der Waals surface area (Å²) in [5.74, 6) is 1.90. The molecule has 0 bridgehead atoms. The molecule has 0 amide bonds. The van der Waals surface area contributed by atoms with Gasteiger partial charge in [-0.05, 0) is 69.7 Å². The van der Waals surface area contributed by atoms with E-state index in [0.29, 0.717) is 11.5 Å². The van der Waals surface area contributed by atoms with Crippen LogP contribution >= 0.6 is 0 Å². The second kappa shape index (κ2) is 17.7. The fourth-order valence-corrected chi connectivity index (χ4v) is 11.6. The average molecular weight is 1140 g/mol. The minimum absolute atomic E-state index is 0. The van der Waals surface area contributed by atoms with Crippen LogP contribution in [-0.2, 0) is 28.1 Å². The molecule has 0 aliphatic rings. The number of imidazole rings is 1. The molecule has 358 valence electrons. The standard InChI is InChI=1S/C67H42N6O.Pt/c1-69-55-33-13-11-29-52(55)63-65-61(53-30-12-14-34-56(53)72(65)46-25-9-4-10-26-46)62-54-39-38-49(42-59(54)73(67(62)66(63)69)60-37-17-18-40-68-60)74-48-28-19-27-47(41-48)70-43-71(58-36-16-15-35-57(58)70)64-50(44-21-5-2-6-22-44)31-20-32-51(64)45-23-7-3-8-24-45;/h2-40H,1H3;/q-2;. The van der Waals surface area contributed by atoms with Gasteiger partial charge in [-0.25, -0.2) is 4.98 Å². The summed E-state index contributed by atoms with van der Waals surface area (Å²) in [5, 5.41) is 6.91. The number of hydrogen-bond donors (Lipinski definition) is 0. The van der Waals surface area contributed by atoms with Crippen LogP contribution in [0.25, 0.3) is 122 Å². The SMILES string of the molecule is Cn1c2ccccc2c2c1c1c(c3ccc(Oc4[c-]c(-[n+]5[c-]n(-c6c(-c7ccccc7)cccc6-c6ccccc6)c6ccccc65)ccc4)[c-]c3n1-c1ccccn1)c1c3ccccc3n(-c3ccccc3)c12.[Pt]. The van der Waals surface area contributed by atoms with Gasteiger partial charge in [0.15, 0.2) is 0 Å². The third-order valence-corrected chi connectivity index (χ3v) is 14.6. The van der Waals surface area contributed by atoms with E-state index in [0.717, 1.165) is 94.5 Å². The number of benzene rings is 10. The minimum atomic E-state index is 0. The zero-order valence-electron chi connectivity index (χ0n) is 40.4. The van der Waals surface area contributed by atoms with E-state index in [9.17, 15) is 0 Å². The van der Waals surface area contributed by atoms with Crippen molar-refractivity contribution in [2.24, 2.45) is 7.05 Å². The molecule has 0 spiro atoms. The van der Waals surface area contributed by atoms with E-state index in [1.807, 2.05) is 36.5 Å². The summed E-state index contributed by atoms with van der Waals surface area (Å²) in [6, 6.07) is 88.2. The Morgan fingerprint density at radius 1 is 0.453 bits per heavy atom. The molecule has 0 saturated carbocycles. The molecule has 0 radical (unpaired) electrons. The van der Waals surface area contributed by atoms with E-state index >= 15 is 0 Å². The van der Waals surface area contributed by atoms with Crippen LogP contribution in [0.4, 0.5) is 0 Å². The zero-order valence-corrected chi connectivity index (χ0v) is 42.7. The maximum Gasteiger partial charge on any atom is 0.268 e. The molecule has 0 fully saturated rings. The molecule has 0 atom stereocenters. The number of aryl methyl sites for hydroxylation is 1. The molecule has 15 aromatic rings. The monoisotopic (exact) mass is 1140 g/mol. The summed E-state index contributed by atoms with van der Waals surface area (Å²) in [6.07, 6.45) is 5.65. The number of nitrogens with zero attached hydrogens (tertiary/aromatic N) is 6. The summed E-state index contributed by atoms with van der Waals surface area (Å²) < 4.78 is 18.2. The first kappa shape index (κ1) is 44.4. The van der Waals surface area contributed by atoms with Crippen LogP contribution in [0.1, 0.15) is 0 Å². The number of aromatic nitrogens is 6. The van der Waals surface area contributed by atoms with Gasteiger partial charge in [0, 0.05) is 78.6 Å². The van der Waals surface area contributed by atoms with Crippen molar-refractivity contribution in [1.29, 1.82) is 0 Å². The molecule has 5 aromatic heterocycles. The average Bonchev–Trinajstić information content (AvgIpc) is 4.20. The first-order valence-electron chi connectivity index (χ1n) is 24.9. The Balaban J connectivity index is 0.00000516. The van der Waals surface area contributed by atoms with E-state index < -0.39 is 0 Å². The minimum Gasteiger partial charge on any atom is -0.510 e. The van der Waals surface area contributed by atoms with Crippen molar-refractivity contribution < 1.29 is 30.4 Å². The molecule has 5 heterocycles. The van der Waals surface area contributed by atoms with E-state index in [1.54, 1.807) is 0 Å². The molecule has 15 rings (SSSR count). The molecule has 8 heteroatoms. The summed E-state index contributed by atoms with van der Waals surface area (Å²) in [5.41, 5.74) is 15.9. The number of fused-ring (bicyclic) bond motifs is 13. The smallest absolute Gasteiger partial charge is 0.268 e. The molecule has 10 aromatic carbocycles. The summed E-state index contributed by atoms with van der Waals surface area (Å²) in [6.45, 7) is 0. The van der Waals surface area contributed by atoms with Gasteiger partial charge in [-0.15, -0.1) is 29.7 Å². The molecule has 0 saturated heterocycles. The predicted molar refractivity (Wildman–Crippen MR) is 299 cm³/mol. The van der Waals surface area contributed by atoms with Gasteiger partial charge in [0.25, 0.3) is 6.33 Å². The van der Waals surface area contributed by atoms with Crippen molar-refractivity contribution in [2.45, 2.75) is 0 Å². The summed E-state index contributed by atoms with van der Waals surface area (Å²) >= 11 is 0. The van der Waals surface area contributed by atoms with Crippen molar-refractivity contribution in [1.82, 2.24) is 23.3 Å². The topological polar surface area (TPSA) is 45.7 Å². The Morgan fingerprint density at radius 2 is 1.05 bits per heavy atom. The van der Waals surface area contributed by atoms with Gasteiger partial charge in [0.1, 0.15) is 5.82 Å². The molecule has 0 unspecified atom stereocenters. The Kier molecular flexibility index (Phi) is 10.5. The number of hydrogen-bond acceptors (Lipinski definition) is 2. The van der Waals surface area contributed by atoms with Crippen LogP contribution in [0.5, 0.6) is 11.5 Å². The fourth-order valence-electron chi connectivity index (χ4n) is 11.6. The van der Waals surface area contributed by atoms with Crippen LogP contribution in [0.15, 0.2) is 237 Å². The maximum absolute atomic E-state index is 6.88. The van der Waals surface area contributed by atoms with Crippen LogP contribution in [0.3, 0.4) is 0 Å². The van der Waals surface area contributed by atoms with Gasteiger partial charge in [-0.2, -0.15) is 18.2 Å². The van der Waals surface area contributed by atoms with Gasteiger partial charge >= 0.3 is 0 Å². The van der Waals surface area contributed by atoms with Gasteiger partial charge in [-0.1, -0.05) is 169 Å². The molecule has 0 aliphatic carbocycles. The van der Waals surface area contributed by atoms with Gasteiger partial charge in [0.05, 0.1) is 38.8 Å². The van der Waals surface area contributed by atoms with Crippen molar-refractivity contribution in [2.75, 3.05) is 0 Å². The first-order valence-corrected chi connectivity index (χ1v) is 24.9. The number of pyridine rings is 1. The molecule has 0 aliphatic heterocycles. The number of rotatable bonds is 8. The second-order valence-corrected chi connectivity index (χ2v) is 18.7. The van der Waals surface area contributed by atoms with Gasteiger partial charge < -0.3 is 23.0 Å². The van der Waals surface area contributed by atoms with Gasteiger partial charge in [-0.3, -0.25) is 4.57 Å². The molecular weight excluding hydrogens is 1100 g/mol. The predicted octanol–water partition coefficient (Wildman–Crippen LogP) is 15.7. The van der Waals surface area contributed by atoms with Crippen LogP contribution in [0.2, 0.25) is 0 Å². The molecule has 75 heavy (non-hydrogen) atoms. The number of ether oxygens (including phenoxy) is 1. The Hall–Kier alpha value is -9.29. The summed E-state index contributed by atoms with van der Waals surface area (Å²) in [4.78, 5) is 5.03. The first-order chi connectivity index (χ1) is 36.7. The largest absolute Gasteiger partial charge is 0.510 e. The third kappa shape index (κ3) is 6.85. The van der Waals surface area contributed by atoms with Crippen LogP contribution in [-0.4, -0.2) is 23.3 Å². The maximum atomic E-state index is 6.88. The molecule has 7 nitrogen and oxygen atoms in total. The van der Waals surface area contributed by atoms with Crippen LogP contribution in [0, 0.1) is 18.5 Å². The Labute approximate surface area is 446 Å². The van der Waals surface area contributed by atoms with E-state index in [4.69, 9.17) is 9.72 Å². The van der Waals surface area contributed by atoms with E-state index in [1.165, 1.54) is 27.1 Å². The fraction of sp³-hybridized carbons (Fsp3) is 0.0149. The Morgan fingerprint density at radius 3 is 1.77 bits per heavy atom. The van der Waals surface area contributed by atoms with Crippen LogP contribution < -0.4 is 9.30 Å². The zero-order chi connectivity index (χ0) is 48.9. The summed E-state index contributed by atoms with van der Waals surface area (Å²) in [7, 11) is 2.18. The second-order valence-electron chi connectivity index (χ2n) is 18.7. The normalized spacial score (nSPS) is 11.7.